The first-order chi connectivity index (χ1) is 12.1. The number of fused-ring (bicyclic) bond motifs is 1. The summed E-state index contributed by atoms with van der Waals surface area (Å²) in [4.78, 5) is 19.1. The molecule has 1 aromatic heterocycles. The first kappa shape index (κ1) is 16.0. The topological polar surface area (TPSA) is 33.2 Å². The van der Waals surface area contributed by atoms with E-state index in [0.29, 0.717) is 0 Å². The SMILES string of the molecule is Cc1cccc2c1N(C(=O)Cc1csc(-c3cccc(F)c3)n1)CC2. The molecule has 4 rings (SSSR count). The number of hydrogen-bond acceptors (Lipinski definition) is 3. The Morgan fingerprint density at radius 1 is 1.28 bits per heavy atom. The largest absolute Gasteiger partial charge is 0.311 e. The predicted octanol–water partition coefficient (Wildman–Crippen LogP) is 4.39. The Morgan fingerprint density at radius 2 is 2.12 bits per heavy atom. The molecule has 25 heavy (non-hydrogen) atoms. The summed E-state index contributed by atoms with van der Waals surface area (Å²) in [5, 5.41) is 2.62. The summed E-state index contributed by atoms with van der Waals surface area (Å²) in [6.07, 6.45) is 1.16. The van der Waals surface area contributed by atoms with Crippen LogP contribution in [0.3, 0.4) is 0 Å². The van der Waals surface area contributed by atoms with E-state index in [1.165, 1.54) is 29.0 Å². The van der Waals surface area contributed by atoms with E-state index in [1.807, 2.05) is 35.4 Å². The van der Waals surface area contributed by atoms with Crippen molar-refractivity contribution in [2.24, 2.45) is 0 Å². The normalized spacial score (nSPS) is 13.1. The monoisotopic (exact) mass is 352 g/mol. The van der Waals surface area contributed by atoms with Gasteiger partial charge in [-0.2, -0.15) is 0 Å². The molecule has 126 valence electrons. The lowest BCUT2D eigenvalue weighted by atomic mass is 10.1. The van der Waals surface area contributed by atoms with Gasteiger partial charge in [-0.05, 0) is 36.6 Å². The molecule has 2 aromatic carbocycles. The molecular formula is C20H17FN2OS. The number of rotatable bonds is 3. The number of aryl methyl sites for hydroxylation is 1. The number of carbonyl (C=O) groups is 1. The number of para-hydroxylation sites is 1. The minimum atomic E-state index is -0.283. The number of anilines is 1. The highest BCUT2D eigenvalue weighted by Gasteiger charge is 2.26. The van der Waals surface area contributed by atoms with E-state index in [4.69, 9.17) is 0 Å². The van der Waals surface area contributed by atoms with Crippen LogP contribution in [0.2, 0.25) is 0 Å². The number of benzene rings is 2. The number of nitrogens with zero attached hydrogens (tertiary/aromatic N) is 2. The number of carbonyl (C=O) groups excluding carboxylic acids is 1. The van der Waals surface area contributed by atoms with Crippen molar-refractivity contribution in [3.63, 3.8) is 0 Å². The Hall–Kier alpha value is -2.53. The Balaban J connectivity index is 1.54. The Morgan fingerprint density at radius 3 is 2.96 bits per heavy atom. The molecule has 0 bridgehead atoms. The molecule has 0 fully saturated rings. The van der Waals surface area contributed by atoms with Crippen LogP contribution in [0.4, 0.5) is 10.1 Å². The third kappa shape index (κ3) is 3.07. The summed E-state index contributed by atoms with van der Waals surface area (Å²) in [5.41, 5.74) is 4.88. The first-order valence-corrected chi connectivity index (χ1v) is 9.09. The van der Waals surface area contributed by atoms with Gasteiger partial charge in [0.15, 0.2) is 0 Å². The van der Waals surface area contributed by atoms with Gasteiger partial charge in [-0.1, -0.05) is 30.3 Å². The van der Waals surface area contributed by atoms with Crippen LogP contribution >= 0.6 is 11.3 Å². The first-order valence-electron chi connectivity index (χ1n) is 8.21. The lowest BCUT2D eigenvalue weighted by molar-refractivity contribution is -0.117. The zero-order valence-electron chi connectivity index (χ0n) is 13.8. The van der Waals surface area contributed by atoms with Crippen LogP contribution in [0.15, 0.2) is 47.8 Å². The molecule has 0 spiro atoms. The highest BCUT2D eigenvalue weighted by molar-refractivity contribution is 7.13. The quantitative estimate of drug-likeness (QED) is 0.700. The number of halogens is 1. The zero-order chi connectivity index (χ0) is 17.4. The summed E-state index contributed by atoms with van der Waals surface area (Å²) in [5.74, 6) is -0.224. The second-order valence-corrected chi connectivity index (χ2v) is 7.07. The summed E-state index contributed by atoms with van der Waals surface area (Å²) >= 11 is 1.44. The van der Waals surface area contributed by atoms with E-state index < -0.39 is 0 Å². The number of aromatic nitrogens is 1. The third-order valence-electron chi connectivity index (χ3n) is 4.45. The third-order valence-corrected chi connectivity index (χ3v) is 5.39. The van der Waals surface area contributed by atoms with Crippen molar-refractivity contribution in [1.82, 2.24) is 4.98 Å². The highest BCUT2D eigenvalue weighted by Crippen LogP contribution is 2.32. The average Bonchev–Trinajstić information content (AvgIpc) is 3.22. The molecule has 0 saturated carbocycles. The molecule has 0 aliphatic carbocycles. The molecular weight excluding hydrogens is 335 g/mol. The standard InChI is InChI=1S/C20H17FN2OS/c1-13-4-2-5-14-8-9-23(19(13)14)18(24)11-17-12-25-20(22-17)15-6-3-7-16(21)10-15/h2-7,10,12H,8-9,11H2,1H3. The van der Waals surface area contributed by atoms with Gasteiger partial charge in [-0.15, -0.1) is 11.3 Å². The maximum atomic E-state index is 13.4. The maximum absolute atomic E-state index is 13.4. The summed E-state index contributed by atoms with van der Waals surface area (Å²) < 4.78 is 13.4. The van der Waals surface area contributed by atoms with Crippen LogP contribution in [-0.4, -0.2) is 17.4 Å². The van der Waals surface area contributed by atoms with E-state index in [-0.39, 0.29) is 18.1 Å². The van der Waals surface area contributed by atoms with Crippen LogP contribution in [-0.2, 0) is 17.6 Å². The Labute approximate surface area is 149 Å². The van der Waals surface area contributed by atoms with E-state index in [9.17, 15) is 9.18 Å². The number of thiazole rings is 1. The van der Waals surface area contributed by atoms with Gasteiger partial charge in [0.25, 0.3) is 0 Å². The van der Waals surface area contributed by atoms with E-state index >= 15 is 0 Å². The van der Waals surface area contributed by atoms with Crippen molar-refractivity contribution >= 4 is 22.9 Å². The number of hydrogen-bond donors (Lipinski definition) is 0. The highest BCUT2D eigenvalue weighted by atomic mass is 32.1. The maximum Gasteiger partial charge on any atom is 0.233 e. The van der Waals surface area contributed by atoms with E-state index in [2.05, 4.69) is 11.1 Å². The Kier molecular flexibility index (Phi) is 4.09. The Bertz CT molecular complexity index is 950. The van der Waals surface area contributed by atoms with Gasteiger partial charge in [0.05, 0.1) is 12.1 Å². The second-order valence-electron chi connectivity index (χ2n) is 6.21. The van der Waals surface area contributed by atoms with Crippen LogP contribution in [0, 0.1) is 12.7 Å². The molecule has 0 radical (unpaired) electrons. The molecule has 5 heteroatoms. The van der Waals surface area contributed by atoms with Gasteiger partial charge < -0.3 is 4.90 Å². The molecule has 3 aromatic rings. The van der Waals surface area contributed by atoms with Crippen molar-refractivity contribution in [3.05, 3.63) is 70.5 Å². The van der Waals surface area contributed by atoms with E-state index in [1.54, 1.807) is 6.07 Å². The van der Waals surface area contributed by atoms with Crippen LogP contribution in [0.1, 0.15) is 16.8 Å². The van der Waals surface area contributed by atoms with Crippen molar-refractivity contribution in [3.8, 4) is 10.6 Å². The van der Waals surface area contributed by atoms with Gasteiger partial charge in [0.1, 0.15) is 10.8 Å². The zero-order valence-corrected chi connectivity index (χ0v) is 14.6. The molecule has 0 atom stereocenters. The minimum Gasteiger partial charge on any atom is -0.311 e. The predicted molar refractivity (Wildman–Crippen MR) is 98.4 cm³/mol. The van der Waals surface area contributed by atoms with Crippen molar-refractivity contribution in [1.29, 1.82) is 0 Å². The van der Waals surface area contributed by atoms with Gasteiger partial charge >= 0.3 is 0 Å². The molecule has 0 unspecified atom stereocenters. The molecule has 0 saturated heterocycles. The van der Waals surface area contributed by atoms with Crippen LogP contribution < -0.4 is 4.90 Å². The fraction of sp³-hybridized carbons (Fsp3) is 0.200. The fourth-order valence-corrected chi connectivity index (χ4v) is 4.11. The molecule has 2 heterocycles. The minimum absolute atomic E-state index is 0.0594. The summed E-state index contributed by atoms with van der Waals surface area (Å²) in [6.45, 7) is 2.76. The molecule has 1 aliphatic rings. The molecule has 3 nitrogen and oxygen atoms in total. The van der Waals surface area contributed by atoms with Crippen molar-refractivity contribution in [2.75, 3.05) is 11.4 Å². The van der Waals surface area contributed by atoms with E-state index in [0.717, 1.165) is 40.5 Å². The van der Waals surface area contributed by atoms with Gasteiger partial charge in [-0.25, -0.2) is 9.37 Å². The van der Waals surface area contributed by atoms with Gasteiger partial charge in [-0.3, -0.25) is 4.79 Å². The molecule has 1 aliphatic heterocycles. The lowest BCUT2D eigenvalue weighted by Gasteiger charge is -2.18. The summed E-state index contributed by atoms with van der Waals surface area (Å²) in [7, 11) is 0. The van der Waals surface area contributed by atoms with Crippen LogP contribution in [0.25, 0.3) is 10.6 Å². The average molecular weight is 352 g/mol. The lowest BCUT2D eigenvalue weighted by Crippen LogP contribution is -2.30. The summed E-state index contributed by atoms with van der Waals surface area (Å²) in [6, 6.07) is 12.5. The second kappa shape index (κ2) is 6.41. The molecule has 1 amide bonds. The van der Waals surface area contributed by atoms with Crippen molar-refractivity contribution < 1.29 is 9.18 Å². The van der Waals surface area contributed by atoms with Gasteiger partial charge in [0.2, 0.25) is 5.91 Å². The van der Waals surface area contributed by atoms with Crippen LogP contribution in [0.5, 0.6) is 0 Å². The van der Waals surface area contributed by atoms with Crippen molar-refractivity contribution in [2.45, 2.75) is 19.8 Å². The van der Waals surface area contributed by atoms with Gasteiger partial charge in [0, 0.05) is 23.2 Å². The molecule has 0 N–H and O–H groups in total. The fourth-order valence-electron chi connectivity index (χ4n) is 3.29. The smallest absolute Gasteiger partial charge is 0.233 e. The number of amides is 1.